The van der Waals surface area contributed by atoms with Crippen LogP contribution in [-0.2, 0) is 0 Å². The van der Waals surface area contributed by atoms with Crippen molar-refractivity contribution in [2.45, 2.75) is 6.92 Å². The van der Waals surface area contributed by atoms with Crippen LogP contribution >= 0.6 is 15.9 Å². The largest absolute Gasteiger partial charge is 0.504 e. The van der Waals surface area contributed by atoms with Gasteiger partial charge in [-0.25, -0.2) is 0 Å². The first-order valence-electron chi connectivity index (χ1n) is 8.87. The van der Waals surface area contributed by atoms with Crippen molar-refractivity contribution in [2.75, 3.05) is 12.0 Å². The van der Waals surface area contributed by atoms with Crippen LogP contribution in [0.2, 0.25) is 0 Å². The van der Waals surface area contributed by atoms with Gasteiger partial charge in [0.15, 0.2) is 28.8 Å². The van der Waals surface area contributed by atoms with Crippen molar-refractivity contribution in [3.05, 3.63) is 64.6 Å². The van der Waals surface area contributed by atoms with E-state index in [1.165, 1.54) is 0 Å². The molecule has 4 aromatic rings. The number of phenols is 1. The van der Waals surface area contributed by atoms with Gasteiger partial charge in [0.2, 0.25) is 0 Å². The van der Waals surface area contributed by atoms with Gasteiger partial charge in [0.05, 0.1) is 12.8 Å². The van der Waals surface area contributed by atoms with Gasteiger partial charge in [0.25, 0.3) is 0 Å². The number of hydrogen-bond donors (Lipinski definition) is 2. The molecular formula is C20H17BrN6O2. The predicted molar refractivity (Wildman–Crippen MR) is 114 cm³/mol. The smallest absolute Gasteiger partial charge is 0.185 e. The number of hydrogen-bond acceptors (Lipinski definition) is 7. The lowest BCUT2D eigenvalue weighted by Crippen LogP contribution is -2.00. The first-order chi connectivity index (χ1) is 14.1. The third-order valence-corrected chi connectivity index (χ3v) is 4.57. The summed E-state index contributed by atoms with van der Waals surface area (Å²) in [5.74, 6) is 1.69. The fourth-order valence-corrected chi connectivity index (χ4v) is 2.95. The van der Waals surface area contributed by atoms with Crippen LogP contribution in [0.4, 0.5) is 5.82 Å². The Kier molecular flexibility index (Phi) is 5.39. The van der Waals surface area contributed by atoms with Gasteiger partial charge in [-0.2, -0.15) is 9.62 Å². The highest BCUT2D eigenvalue weighted by Crippen LogP contribution is 2.26. The molecule has 2 aromatic carbocycles. The standard InChI is InChI=1S/C20H17BrN6O2/c1-2-29-17-11-13(3-8-16(17)28)12-22-23-18-9-10-19-24-25-20(27(19)26-18)14-4-6-15(21)7-5-14/h3-12,28H,2H2,1H3,(H,23,26)/b22-12-. The zero-order valence-electron chi connectivity index (χ0n) is 15.5. The molecule has 4 rings (SSSR count). The van der Waals surface area contributed by atoms with Crippen molar-refractivity contribution >= 4 is 33.6 Å². The molecule has 0 aliphatic carbocycles. The van der Waals surface area contributed by atoms with Crippen LogP contribution in [0.1, 0.15) is 12.5 Å². The molecule has 0 saturated carbocycles. The summed E-state index contributed by atoms with van der Waals surface area (Å²) in [5.41, 5.74) is 5.22. The predicted octanol–water partition coefficient (Wildman–Crippen LogP) is 4.10. The summed E-state index contributed by atoms with van der Waals surface area (Å²) < 4.78 is 8.03. The zero-order valence-corrected chi connectivity index (χ0v) is 17.0. The van der Waals surface area contributed by atoms with Crippen molar-refractivity contribution < 1.29 is 9.84 Å². The van der Waals surface area contributed by atoms with Gasteiger partial charge >= 0.3 is 0 Å². The van der Waals surface area contributed by atoms with E-state index in [1.807, 2.05) is 37.3 Å². The van der Waals surface area contributed by atoms with E-state index in [-0.39, 0.29) is 5.75 Å². The summed E-state index contributed by atoms with van der Waals surface area (Å²) in [6.07, 6.45) is 1.62. The third-order valence-electron chi connectivity index (χ3n) is 4.04. The number of aromatic nitrogens is 4. The summed E-state index contributed by atoms with van der Waals surface area (Å²) in [7, 11) is 0. The van der Waals surface area contributed by atoms with E-state index in [2.05, 4.69) is 41.8 Å². The van der Waals surface area contributed by atoms with E-state index < -0.39 is 0 Å². The SMILES string of the molecule is CCOc1cc(/C=N\Nc2ccc3nnc(-c4ccc(Br)cc4)n3n2)ccc1O. The van der Waals surface area contributed by atoms with Crippen molar-refractivity contribution in [1.82, 2.24) is 19.8 Å². The summed E-state index contributed by atoms with van der Waals surface area (Å²) >= 11 is 3.43. The number of phenolic OH excluding ortho intramolecular Hbond substituents is 1. The molecular weight excluding hydrogens is 436 g/mol. The molecule has 2 aromatic heterocycles. The summed E-state index contributed by atoms with van der Waals surface area (Å²) in [4.78, 5) is 0. The molecule has 0 spiro atoms. The second kappa shape index (κ2) is 8.27. The Morgan fingerprint density at radius 3 is 2.76 bits per heavy atom. The maximum Gasteiger partial charge on any atom is 0.185 e. The third kappa shape index (κ3) is 4.19. The maximum atomic E-state index is 9.77. The topological polar surface area (TPSA) is 96.9 Å². The van der Waals surface area contributed by atoms with Crippen LogP contribution in [0.15, 0.2) is 64.2 Å². The van der Waals surface area contributed by atoms with Gasteiger partial charge in [0, 0.05) is 10.0 Å². The molecule has 0 saturated heterocycles. The number of anilines is 1. The first kappa shape index (κ1) is 18.9. The minimum atomic E-state index is 0.0946. The lowest BCUT2D eigenvalue weighted by molar-refractivity contribution is 0.318. The van der Waals surface area contributed by atoms with Crippen LogP contribution in [-0.4, -0.2) is 37.7 Å². The van der Waals surface area contributed by atoms with Crippen LogP contribution in [0.3, 0.4) is 0 Å². The highest BCUT2D eigenvalue weighted by molar-refractivity contribution is 9.10. The number of fused-ring (bicyclic) bond motifs is 1. The van der Waals surface area contributed by atoms with Crippen LogP contribution in [0.5, 0.6) is 11.5 Å². The van der Waals surface area contributed by atoms with Gasteiger partial charge in [-0.3, -0.25) is 5.43 Å². The minimum absolute atomic E-state index is 0.0946. The van der Waals surface area contributed by atoms with Gasteiger partial charge in [-0.15, -0.1) is 15.3 Å². The Balaban J connectivity index is 1.56. The Bertz CT molecular complexity index is 1170. The van der Waals surface area contributed by atoms with Crippen molar-refractivity contribution in [1.29, 1.82) is 0 Å². The molecule has 9 heteroatoms. The second-order valence-corrected chi connectivity index (χ2v) is 6.96. The molecule has 8 nitrogen and oxygen atoms in total. The number of benzene rings is 2. The molecule has 2 N–H and O–H groups in total. The molecule has 0 aliphatic heterocycles. The van der Waals surface area contributed by atoms with Crippen molar-refractivity contribution in [2.24, 2.45) is 5.10 Å². The molecule has 0 bridgehead atoms. The molecule has 146 valence electrons. The second-order valence-electron chi connectivity index (χ2n) is 6.05. The van der Waals surface area contributed by atoms with E-state index >= 15 is 0 Å². The number of rotatable bonds is 6. The van der Waals surface area contributed by atoms with Crippen LogP contribution in [0, 0.1) is 0 Å². The summed E-state index contributed by atoms with van der Waals surface area (Å²) in [6, 6.07) is 16.4. The lowest BCUT2D eigenvalue weighted by Gasteiger charge is -2.06. The highest BCUT2D eigenvalue weighted by atomic mass is 79.9. The average Bonchev–Trinajstić information content (AvgIpc) is 3.14. The number of halogens is 1. The molecule has 0 atom stereocenters. The molecule has 2 heterocycles. The number of nitrogens with zero attached hydrogens (tertiary/aromatic N) is 5. The Morgan fingerprint density at radius 2 is 1.97 bits per heavy atom. The van der Waals surface area contributed by atoms with Crippen LogP contribution in [0.25, 0.3) is 17.0 Å². The Hall–Kier alpha value is -3.46. The quantitative estimate of drug-likeness (QED) is 0.337. The van der Waals surface area contributed by atoms with Gasteiger partial charge in [-0.1, -0.05) is 28.1 Å². The Morgan fingerprint density at radius 1 is 1.14 bits per heavy atom. The number of hydrazone groups is 1. The van der Waals surface area contributed by atoms with E-state index in [4.69, 9.17) is 4.74 Å². The van der Waals surface area contributed by atoms with E-state index in [9.17, 15) is 5.11 Å². The minimum Gasteiger partial charge on any atom is -0.504 e. The van der Waals surface area contributed by atoms with E-state index in [0.717, 1.165) is 15.6 Å². The van der Waals surface area contributed by atoms with Gasteiger partial charge in [0.1, 0.15) is 0 Å². The molecule has 0 radical (unpaired) electrons. The molecule has 0 fully saturated rings. The van der Waals surface area contributed by atoms with E-state index in [1.54, 1.807) is 35.0 Å². The highest BCUT2D eigenvalue weighted by Gasteiger charge is 2.10. The first-order valence-corrected chi connectivity index (χ1v) is 9.66. The van der Waals surface area contributed by atoms with Crippen molar-refractivity contribution in [3.8, 4) is 22.9 Å². The lowest BCUT2D eigenvalue weighted by atomic mass is 10.2. The summed E-state index contributed by atoms with van der Waals surface area (Å²) in [6.45, 7) is 2.33. The molecule has 0 unspecified atom stereocenters. The molecule has 29 heavy (non-hydrogen) atoms. The zero-order chi connectivity index (χ0) is 20.2. The number of aromatic hydroxyl groups is 1. The van der Waals surface area contributed by atoms with Gasteiger partial charge in [-0.05, 0) is 55.0 Å². The maximum absolute atomic E-state index is 9.77. The van der Waals surface area contributed by atoms with Gasteiger partial charge < -0.3 is 9.84 Å². The molecule has 0 amide bonds. The number of nitrogens with one attached hydrogen (secondary N) is 1. The fourth-order valence-electron chi connectivity index (χ4n) is 2.68. The van der Waals surface area contributed by atoms with E-state index in [0.29, 0.717) is 29.6 Å². The summed E-state index contributed by atoms with van der Waals surface area (Å²) in [5, 5.41) is 26.9. The normalized spacial score (nSPS) is 11.2. The Labute approximate surface area is 175 Å². The average molecular weight is 453 g/mol. The monoisotopic (exact) mass is 452 g/mol. The van der Waals surface area contributed by atoms with Crippen LogP contribution < -0.4 is 10.2 Å². The molecule has 0 aliphatic rings. The van der Waals surface area contributed by atoms with Crippen molar-refractivity contribution in [3.63, 3.8) is 0 Å². The number of ether oxygens (including phenoxy) is 1. The fraction of sp³-hybridized carbons (Fsp3) is 0.100.